The van der Waals surface area contributed by atoms with Crippen LogP contribution in [0.15, 0.2) is 36.5 Å². The van der Waals surface area contributed by atoms with E-state index < -0.39 is 17.9 Å². The SMILES string of the molecule is C=C(C)C(=O)O.C=C(C)C(=O)O.C=C(C)C(=O)O.OCCCCCCCCCCO. The van der Waals surface area contributed by atoms with E-state index in [0.29, 0.717) is 13.2 Å². The minimum Gasteiger partial charge on any atom is -0.478 e. The Kier molecular flexibility index (Phi) is 31.0. The molecular formula is C22H40O8. The van der Waals surface area contributed by atoms with Crippen LogP contribution in [0.4, 0.5) is 0 Å². The number of hydrogen-bond acceptors (Lipinski definition) is 5. The zero-order chi connectivity index (χ0) is 24.5. The van der Waals surface area contributed by atoms with E-state index in [1.165, 1.54) is 46.5 Å². The van der Waals surface area contributed by atoms with E-state index in [1.807, 2.05) is 0 Å². The topological polar surface area (TPSA) is 152 Å². The molecule has 0 radical (unpaired) electrons. The summed E-state index contributed by atoms with van der Waals surface area (Å²) >= 11 is 0. The van der Waals surface area contributed by atoms with Crippen molar-refractivity contribution in [3.05, 3.63) is 36.5 Å². The van der Waals surface area contributed by atoms with E-state index >= 15 is 0 Å². The summed E-state index contributed by atoms with van der Waals surface area (Å²) in [5, 5.41) is 40.7. The molecule has 5 N–H and O–H groups in total. The van der Waals surface area contributed by atoms with Crippen molar-refractivity contribution in [1.82, 2.24) is 0 Å². The number of aliphatic carboxylic acids is 3. The molecule has 0 aromatic heterocycles. The van der Waals surface area contributed by atoms with Crippen molar-refractivity contribution in [3.63, 3.8) is 0 Å². The summed E-state index contributed by atoms with van der Waals surface area (Å²) < 4.78 is 0. The molecule has 0 saturated heterocycles. The summed E-state index contributed by atoms with van der Waals surface area (Å²) in [6, 6.07) is 0. The molecule has 30 heavy (non-hydrogen) atoms. The van der Waals surface area contributed by atoms with Crippen molar-refractivity contribution in [2.45, 2.75) is 72.1 Å². The first kappa shape index (κ1) is 35.0. The van der Waals surface area contributed by atoms with Crippen LogP contribution < -0.4 is 0 Å². The normalized spacial score (nSPS) is 8.70. The maximum absolute atomic E-state index is 9.60. The number of rotatable bonds is 12. The van der Waals surface area contributed by atoms with E-state index in [2.05, 4.69) is 19.7 Å². The number of carbonyl (C=O) groups is 3. The van der Waals surface area contributed by atoms with Crippen molar-refractivity contribution >= 4 is 17.9 Å². The van der Waals surface area contributed by atoms with Gasteiger partial charge in [0, 0.05) is 29.9 Å². The Morgan fingerprint density at radius 2 is 0.633 bits per heavy atom. The Morgan fingerprint density at radius 1 is 0.500 bits per heavy atom. The van der Waals surface area contributed by atoms with E-state index in [-0.39, 0.29) is 16.7 Å². The minimum absolute atomic E-state index is 0.176. The van der Waals surface area contributed by atoms with E-state index in [1.54, 1.807) is 0 Å². The van der Waals surface area contributed by atoms with Crippen molar-refractivity contribution < 1.29 is 39.9 Å². The fourth-order valence-corrected chi connectivity index (χ4v) is 1.28. The fraction of sp³-hybridized carbons (Fsp3) is 0.591. The van der Waals surface area contributed by atoms with Crippen molar-refractivity contribution in [3.8, 4) is 0 Å². The minimum atomic E-state index is -0.935. The summed E-state index contributed by atoms with van der Waals surface area (Å²) in [6.07, 6.45) is 9.30. The first-order valence-corrected chi connectivity index (χ1v) is 9.73. The third-order valence-electron chi connectivity index (χ3n) is 3.16. The molecule has 0 bridgehead atoms. The summed E-state index contributed by atoms with van der Waals surface area (Å²) in [6.45, 7) is 14.5. The molecule has 176 valence electrons. The number of carboxylic acids is 3. The predicted octanol–water partition coefficient (Wildman–Crippen LogP) is 4.03. The van der Waals surface area contributed by atoms with Crippen LogP contribution in [0.25, 0.3) is 0 Å². The number of hydrogen-bond donors (Lipinski definition) is 5. The molecule has 0 rings (SSSR count). The number of aliphatic hydroxyl groups excluding tert-OH is 2. The Morgan fingerprint density at radius 3 is 0.733 bits per heavy atom. The van der Waals surface area contributed by atoms with Gasteiger partial charge in [0.05, 0.1) is 0 Å². The monoisotopic (exact) mass is 432 g/mol. The standard InChI is InChI=1S/C10H22O2.3C4H6O2/c11-9-7-5-3-1-2-4-6-8-10-12;3*1-3(2)4(5)6/h11-12H,1-10H2;3*1H2,2H3,(H,5,6). The average Bonchev–Trinajstić information content (AvgIpc) is 2.65. The summed E-state index contributed by atoms with van der Waals surface area (Å²) in [7, 11) is 0. The quantitative estimate of drug-likeness (QED) is 0.229. The Bertz CT molecular complexity index is 406. The second kappa shape index (κ2) is 26.6. The second-order valence-electron chi connectivity index (χ2n) is 6.53. The van der Waals surface area contributed by atoms with Gasteiger partial charge in [-0.3, -0.25) is 0 Å². The highest BCUT2D eigenvalue weighted by Gasteiger charge is 1.92. The molecule has 0 aliphatic heterocycles. The van der Waals surface area contributed by atoms with E-state index in [4.69, 9.17) is 25.5 Å². The largest absolute Gasteiger partial charge is 0.478 e. The zero-order valence-electron chi connectivity index (χ0n) is 18.7. The Hall–Kier alpha value is -2.45. The van der Waals surface area contributed by atoms with Crippen LogP contribution in [0.3, 0.4) is 0 Å². The molecule has 0 heterocycles. The van der Waals surface area contributed by atoms with Crippen LogP contribution in [0.2, 0.25) is 0 Å². The van der Waals surface area contributed by atoms with Gasteiger partial charge in [0.15, 0.2) is 0 Å². The highest BCUT2D eigenvalue weighted by Crippen LogP contribution is 2.07. The predicted molar refractivity (Wildman–Crippen MR) is 118 cm³/mol. The van der Waals surface area contributed by atoms with Crippen LogP contribution in [-0.4, -0.2) is 56.7 Å². The van der Waals surface area contributed by atoms with Crippen LogP contribution in [0.1, 0.15) is 72.1 Å². The van der Waals surface area contributed by atoms with Gasteiger partial charge in [-0.1, -0.05) is 58.3 Å². The molecule has 0 unspecified atom stereocenters. The van der Waals surface area contributed by atoms with Gasteiger partial charge in [0.1, 0.15) is 0 Å². The lowest BCUT2D eigenvalue weighted by molar-refractivity contribution is -0.133. The van der Waals surface area contributed by atoms with Gasteiger partial charge < -0.3 is 25.5 Å². The Labute approximate surface area is 180 Å². The zero-order valence-corrected chi connectivity index (χ0v) is 18.7. The molecule has 0 aromatic rings. The third kappa shape index (κ3) is 44.8. The van der Waals surface area contributed by atoms with Gasteiger partial charge in [0.2, 0.25) is 0 Å². The van der Waals surface area contributed by atoms with Gasteiger partial charge in [-0.25, -0.2) is 14.4 Å². The molecule has 0 saturated carbocycles. The third-order valence-corrected chi connectivity index (χ3v) is 3.16. The summed E-state index contributed by atoms with van der Waals surface area (Å²) in [4.78, 5) is 28.8. The average molecular weight is 433 g/mol. The van der Waals surface area contributed by atoms with Gasteiger partial charge >= 0.3 is 17.9 Å². The lowest BCUT2D eigenvalue weighted by Crippen LogP contribution is -1.92. The maximum atomic E-state index is 9.60. The fourth-order valence-electron chi connectivity index (χ4n) is 1.28. The van der Waals surface area contributed by atoms with Gasteiger partial charge in [0.25, 0.3) is 0 Å². The molecule has 8 heteroatoms. The number of carboxylic acid groups (broad SMARTS) is 3. The molecule has 0 aromatic carbocycles. The van der Waals surface area contributed by atoms with Crippen LogP contribution in [0.5, 0.6) is 0 Å². The van der Waals surface area contributed by atoms with Gasteiger partial charge in [-0.15, -0.1) is 0 Å². The van der Waals surface area contributed by atoms with Crippen molar-refractivity contribution in [1.29, 1.82) is 0 Å². The lowest BCUT2D eigenvalue weighted by atomic mass is 10.1. The molecule has 0 aliphatic rings. The van der Waals surface area contributed by atoms with E-state index in [0.717, 1.165) is 25.7 Å². The van der Waals surface area contributed by atoms with Crippen LogP contribution in [-0.2, 0) is 14.4 Å². The molecule has 0 amide bonds. The van der Waals surface area contributed by atoms with Gasteiger partial charge in [-0.05, 0) is 33.6 Å². The van der Waals surface area contributed by atoms with Gasteiger partial charge in [-0.2, -0.15) is 0 Å². The highest BCUT2D eigenvalue weighted by molar-refractivity contribution is 5.85. The molecule has 0 fully saturated rings. The number of unbranched alkanes of at least 4 members (excludes halogenated alkanes) is 7. The summed E-state index contributed by atoms with van der Waals surface area (Å²) in [5.41, 5.74) is 0.528. The first-order valence-electron chi connectivity index (χ1n) is 9.73. The molecular weight excluding hydrogens is 392 g/mol. The van der Waals surface area contributed by atoms with Crippen LogP contribution in [0, 0.1) is 0 Å². The first-order chi connectivity index (χ1) is 13.8. The molecule has 0 aliphatic carbocycles. The second-order valence-corrected chi connectivity index (χ2v) is 6.53. The smallest absolute Gasteiger partial charge is 0.330 e. The highest BCUT2D eigenvalue weighted by atomic mass is 16.4. The lowest BCUT2D eigenvalue weighted by Gasteiger charge is -1.99. The molecule has 0 spiro atoms. The number of aliphatic hydroxyl groups is 2. The van der Waals surface area contributed by atoms with Crippen molar-refractivity contribution in [2.24, 2.45) is 0 Å². The van der Waals surface area contributed by atoms with Crippen LogP contribution >= 0.6 is 0 Å². The molecule has 0 atom stereocenters. The van der Waals surface area contributed by atoms with E-state index in [9.17, 15) is 14.4 Å². The van der Waals surface area contributed by atoms with Crippen molar-refractivity contribution in [2.75, 3.05) is 13.2 Å². The Balaban J connectivity index is -0.000000161. The summed E-state index contributed by atoms with van der Waals surface area (Å²) in [5.74, 6) is -2.81. The maximum Gasteiger partial charge on any atom is 0.330 e. The molecule has 8 nitrogen and oxygen atoms in total.